The van der Waals surface area contributed by atoms with Crippen molar-refractivity contribution in [1.29, 1.82) is 0 Å². The van der Waals surface area contributed by atoms with E-state index in [4.69, 9.17) is 11.6 Å². The summed E-state index contributed by atoms with van der Waals surface area (Å²) < 4.78 is 1.62. The van der Waals surface area contributed by atoms with Crippen molar-refractivity contribution in [1.82, 2.24) is 9.55 Å². The molecular weight excluding hydrogens is 324 g/mol. The topological polar surface area (TPSA) is 34.9 Å². The molecule has 0 aliphatic carbocycles. The predicted molar refractivity (Wildman–Crippen MR) is 90.6 cm³/mol. The van der Waals surface area contributed by atoms with Gasteiger partial charge in [0.25, 0.3) is 5.56 Å². The lowest BCUT2D eigenvalue weighted by molar-refractivity contribution is 0.728. The molecule has 3 aromatic rings. The number of benzene rings is 1. The molecule has 3 rings (SSSR count). The zero-order valence-electron chi connectivity index (χ0n) is 11.6. The number of aromatic nitrogens is 2. The van der Waals surface area contributed by atoms with E-state index in [1.54, 1.807) is 34.7 Å². The highest BCUT2D eigenvalue weighted by molar-refractivity contribution is 7.98. The van der Waals surface area contributed by atoms with Gasteiger partial charge in [-0.2, -0.15) is 0 Å². The maximum Gasteiger partial charge on any atom is 0.262 e. The molecule has 1 aromatic carbocycles. The number of hydrogen-bond acceptors (Lipinski definition) is 4. The standard InChI is InChI=1S/C15H13ClN2OS2/c1-9-7-12-13(21-9)17-15(18(2)14(12)19)20-8-10-3-5-11(16)6-4-10/h3-7H,8H2,1-2H3. The number of halogens is 1. The third-order valence-electron chi connectivity index (χ3n) is 3.14. The fraction of sp³-hybridized carbons (Fsp3) is 0.200. The molecule has 3 nitrogen and oxygen atoms in total. The largest absolute Gasteiger partial charge is 0.290 e. The Labute approximate surface area is 135 Å². The normalized spacial score (nSPS) is 11.2. The van der Waals surface area contributed by atoms with Crippen LogP contribution in [0, 0.1) is 6.92 Å². The van der Waals surface area contributed by atoms with Gasteiger partial charge in [0.15, 0.2) is 5.16 Å². The molecule has 0 saturated carbocycles. The lowest BCUT2D eigenvalue weighted by atomic mass is 10.2. The Morgan fingerprint density at radius 1 is 1.33 bits per heavy atom. The molecule has 0 bridgehead atoms. The van der Waals surface area contributed by atoms with E-state index in [2.05, 4.69) is 4.98 Å². The minimum atomic E-state index is 0.0166. The van der Waals surface area contributed by atoms with Crippen LogP contribution in [-0.4, -0.2) is 9.55 Å². The Bertz CT molecular complexity index is 852. The molecule has 0 aliphatic heterocycles. The number of hydrogen-bond donors (Lipinski definition) is 0. The molecule has 0 unspecified atom stereocenters. The van der Waals surface area contributed by atoms with Gasteiger partial charge in [-0.3, -0.25) is 9.36 Å². The van der Waals surface area contributed by atoms with Crippen molar-refractivity contribution in [3.05, 3.63) is 56.1 Å². The fourth-order valence-electron chi connectivity index (χ4n) is 2.03. The number of rotatable bonds is 3. The quantitative estimate of drug-likeness (QED) is 0.530. The Kier molecular flexibility index (Phi) is 4.06. The minimum absolute atomic E-state index is 0.0166. The van der Waals surface area contributed by atoms with E-state index in [9.17, 15) is 4.79 Å². The van der Waals surface area contributed by atoms with E-state index in [-0.39, 0.29) is 5.56 Å². The Balaban J connectivity index is 1.91. The van der Waals surface area contributed by atoms with Crippen LogP contribution in [0.15, 0.2) is 40.3 Å². The van der Waals surface area contributed by atoms with E-state index in [0.29, 0.717) is 5.39 Å². The maximum atomic E-state index is 12.3. The predicted octanol–water partition coefficient (Wildman–Crippen LogP) is 4.25. The van der Waals surface area contributed by atoms with Gasteiger partial charge in [-0.1, -0.05) is 35.5 Å². The molecule has 0 radical (unpaired) electrons. The third-order valence-corrected chi connectivity index (χ3v) is 5.43. The van der Waals surface area contributed by atoms with Gasteiger partial charge in [0.1, 0.15) is 4.83 Å². The van der Waals surface area contributed by atoms with E-state index in [1.165, 1.54) is 0 Å². The highest BCUT2D eigenvalue weighted by Crippen LogP contribution is 2.25. The van der Waals surface area contributed by atoms with Crippen molar-refractivity contribution in [3.63, 3.8) is 0 Å². The summed E-state index contributed by atoms with van der Waals surface area (Å²) in [5.74, 6) is 0.757. The first-order chi connectivity index (χ1) is 10.0. The average Bonchev–Trinajstić information content (AvgIpc) is 2.84. The van der Waals surface area contributed by atoms with Gasteiger partial charge in [-0.15, -0.1) is 11.3 Å². The molecule has 0 fully saturated rings. The van der Waals surface area contributed by atoms with Crippen LogP contribution in [0.1, 0.15) is 10.4 Å². The number of fused-ring (bicyclic) bond motifs is 1. The van der Waals surface area contributed by atoms with Gasteiger partial charge in [0.05, 0.1) is 5.39 Å². The highest BCUT2D eigenvalue weighted by atomic mass is 35.5. The van der Waals surface area contributed by atoms with Crippen molar-refractivity contribution in [2.75, 3.05) is 0 Å². The van der Waals surface area contributed by atoms with Crippen LogP contribution in [0.4, 0.5) is 0 Å². The van der Waals surface area contributed by atoms with Crippen LogP contribution in [0.25, 0.3) is 10.2 Å². The maximum absolute atomic E-state index is 12.3. The smallest absolute Gasteiger partial charge is 0.262 e. The molecule has 0 spiro atoms. The van der Waals surface area contributed by atoms with Crippen molar-refractivity contribution >= 4 is 44.9 Å². The van der Waals surface area contributed by atoms with Gasteiger partial charge >= 0.3 is 0 Å². The second kappa shape index (κ2) is 5.83. The van der Waals surface area contributed by atoms with Gasteiger partial charge < -0.3 is 0 Å². The van der Waals surface area contributed by atoms with Crippen LogP contribution in [0.3, 0.4) is 0 Å². The number of thioether (sulfide) groups is 1. The summed E-state index contributed by atoms with van der Waals surface area (Å²) in [5.41, 5.74) is 1.17. The second-order valence-corrected chi connectivity index (χ2v) is 7.36. The third kappa shape index (κ3) is 3.00. The number of thiophene rings is 1. The minimum Gasteiger partial charge on any atom is -0.290 e. The van der Waals surface area contributed by atoms with Crippen molar-refractivity contribution in [2.24, 2.45) is 7.05 Å². The first-order valence-corrected chi connectivity index (χ1v) is 8.57. The Morgan fingerprint density at radius 2 is 2.05 bits per heavy atom. The van der Waals surface area contributed by atoms with E-state index < -0.39 is 0 Å². The molecule has 0 aliphatic rings. The van der Waals surface area contributed by atoms with Gasteiger partial charge in [0, 0.05) is 22.7 Å². The Morgan fingerprint density at radius 3 is 2.76 bits per heavy atom. The van der Waals surface area contributed by atoms with E-state index in [0.717, 1.165) is 31.2 Å². The monoisotopic (exact) mass is 336 g/mol. The summed E-state index contributed by atoms with van der Waals surface area (Å²) in [6, 6.07) is 9.62. The second-order valence-electron chi connectivity index (χ2n) is 4.75. The van der Waals surface area contributed by atoms with E-state index in [1.807, 2.05) is 37.3 Å². The molecule has 0 amide bonds. The summed E-state index contributed by atoms with van der Waals surface area (Å²) >= 11 is 9.00. The highest BCUT2D eigenvalue weighted by Gasteiger charge is 2.11. The van der Waals surface area contributed by atoms with Crippen LogP contribution in [0.2, 0.25) is 5.02 Å². The molecule has 108 valence electrons. The van der Waals surface area contributed by atoms with Gasteiger partial charge in [0.2, 0.25) is 0 Å². The van der Waals surface area contributed by atoms with Crippen LogP contribution in [-0.2, 0) is 12.8 Å². The molecule has 2 aromatic heterocycles. The molecule has 0 atom stereocenters. The summed E-state index contributed by atoms with van der Waals surface area (Å²) in [6.45, 7) is 1.99. The summed E-state index contributed by atoms with van der Waals surface area (Å²) in [7, 11) is 1.77. The summed E-state index contributed by atoms with van der Waals surface area (Å²) in [5, 5.41) is 2.17. The number of nitrogens with zero attached hydrogens (tertiary/aromatic N) is 2. The summed E-state index contributed by atoms with van der Waals surface area (Å²) in [4.78, 5) is 18.8. The Hall–Kier alpha value is -1.30. The molecule has 0 N–H and O–H groups in total. The summed E-state index contributed by atoms with van der Waals surface area (Å²) in [6.07, 6.45) is 0. The molecule has 6 heteroatoms. The van der Waals surface area contributed by atoms with Crippen LogP contribution in [0.5, 0.6) is 0 Å². The first kappa shape index (κ1) is 14.6. The van der Waals surface area contributed by atoms with Gasteiger partial charge in [-0.25, -0.2) is 4.98 Å². The fourth-order valence-corrected chi connectivity index (χ4v) is 4.00. The molecular formula is C15H13ClN2OS2. The lowest BCUT2D eigenvalue weighted by Gasteiger charge is -2.07. The SMILES string of the molecule is Cc1cc2c(=O)n(C)c(SCc3ccc(Cl)cc3)nc2s1. The zero-order valence-corrected chi connectivity index (χ0v) is 14.0. The van der Waals surface area contributed by atoms with Crippen molar-refractivity contribution < 1.29 is 0 Å². The molecule has 21 heavy (non-hydrogen) atoms. The van der Waals surface area contributed by atoms with E-state index >= 15 is 0 Å². The van der Waals surface area contributed by atoms with Crippen molar-refractivity contribution in [2.45, 2.75) is 17.8 Å². The van der Waals surface area contributed by atoms with Crippen LogP contribution >= 0.6 is 34.7 Å². The average molecular weight is 337 g/mol. The van der Waals surface area contributed by atoms with Crippen molar-refractivity contribution in [3.8, 4) is 0 Å². The van der Waals surface area contributed by atoms with Gasteiger partial charge in [-0.05, 0) is 30.7 Å². The zero-order chi connectivity index (χ0) is 15.0. The lowest BCUT2D eigenvalue weighted by Crippen LogP contribution is -2.19. The van der Waals surface area contributed by atoms with Crippen LogP contribution < -0.4 is 5.56 Å². The molecule has 2 heterocycles. The molecule has 0 saturated heterocycles. The first-order valence-electron chi connectivity index (χ1n) is 6.39. The number of aryl methyl sites for hydroxylation is 1.